The van der Waals surface area contributed by atoms with Crippen LogP contribution in [-0.2, 0) is 9.53 Å². The highest BCUT2D eigenvalue weighted by Crippen LogP contribution is 1.92. The molecule has 0 radical (unpaired) electrons. The van der Waals surface area contributed by atoms with Crippen molar-refractivity contribution in [3.05, 3.63) is 4.85 Å². The Hall–Kier alpha value is -1.04. The lowest BCUT2D eigenvalue weighted by Gasteiger charge is -2.01. The maximum atomic E-state index is 10.6. The van der Waals surface area contributed by atoms with Crippen molar-refractivity contribution >= 4 is 5.97 Å². The third-order valence-electron chi connectivity index (χ3n) is 0.798. The van der Waals surface area contributed by atoms with E-state index in [0.717, 1.165) is 0 Å². The summed E-state index contributed by atoms with van der Waals surface area (Å²) in [5.74, 6) is -0.00192. The van der Waals surface area contributed by atoms with Gasteiger partial charge in [0.25, 0.3) is 6.57 Å². The van der Waals surface area contributed by atoms with Gasteiger partial charge in [0.1, 0.15) is 0 Å². The van der Waals surface area contributed by atoms with E-state index in [0.29, 0.717) is 12.5 Å². The Morgan fingerprint density at radius 3 is 2.70 bits per heavy atom. The van der Waals surface area contributed by atoms with Crippen LogP contribution in [0.1, 0.15) is 13.8 Å². The first-order valence-electron chi connectivity index (χ1n) is 3.19. The molecule has 0 saturated heterocycles. The van der Waals surface area contributed by atoms with E-state index >= 15 is 0 Å². The van der Waals surface area contributed by atoms with Gasteiger partial charge in [0.15, 0.2) is 0 Å². The van der Waals surface area contributed by atoms with Crippen molar-refractivity contribution in [1.29, 1.82) is 0 Å². The van der Waals surface area contributed by atoms with Gasteiger partial charge in [0.05, 0.1) is 6.61 Å². The Balaban J connectivity index is 3.33. The van der Waals surface area contributed by atoms with Crippen LogP contribution in [0.25, 0.3) is 4.85 Å². The molecule has 0 unspecified atom stereocenters. The van der Waals surface area contributed by atoms with E-state index in [2.05, 4.69) is 4.85 Å². The first-order chi connectivity index (χ1) is 4.66. The van der Waals surface area contributed by atoms with Crippen molar-refractivity contribution in [2.75, 3.05) is 13.2 Å². The number of carbonyl (C=O) groups is 1. The lowest BCUT2D eigenvalue weighted by molar-refractivity contribution is -0.142. The Morgan fingerprint density at radius 1 is 1.70 bits per heavy atom. The molecule has 0 N–H and O–H groups in total. The molecule has 0 amide bonds. The summed E-state index contributed by atoms with van der Waals surface area (Å²) in [6.07, 6.45) is 0. The van der Waals surface area contributed by atoms with Gasteiger partial charge in [-0.05, 0) is 5.92 Å². The van der Waals surface area contributed by atoms with E-state index in [9.17, 15) is 4.79 Å². The second kappa shape index (κ2) is 4.80. The van der Waals surface area contributed by atoms with E-state index in [1.54, 1.807) is 0 Å². The van der Waals surface area contributed by atoms with Gasteiger partial charge < -0.3 is 4.74 Å². The van der Waals surface area contributed by atoms with Gasteiger partial charge in [-0.15, -0.1) is 0 Å². The predicted octanol–water partition coefficient (Wildman–Crippen LogP) is 1.15. The van der Waals surface area contributed by atoms with Gasteiger partial charge in [-0.2, -0.15) is 0 Å². The van der Waals surface area contributed by atoms with Crippen LogP contribution in [0.3, 0.4) is 0 Å². The molecular formula is C7H12NO2+. The van der Waals surface area contributed by atoms with Crippen molar-refractivity contribution in [2.24, 2.45) is 5.92 Å². The third-order valence-corrected chi connectivity index (χ3v) is 0.798. The third kappa shape index (κ3) is 5.10. The van der Waals surface area contributed by atoms with E-state index in [1.165, 1.54) is 0 Å². The molecule has 0 aliphatic rings. The largest absolute Gasteiger partial charge is 0.460 e. The molecule has 0 aliphatic heterocycles. The van der Waals surface area contributed by atoms with Crippen molar-refractivity contribution in [3.8, 4) is 6.57 Å². The summed E-state index contributed by atoms with van der Waals surface area (Å²) in [5.41, 5.74) is 0. The zero-order chi connectivity index (χ0) is 7.98. The Kier molecular flexibility index (Phi) is 4.30. The van der Waals surface area contributed by atoms with Crippen LogP contribution in [-0.4, -0.2) is 19.1 Å². The molecule has 0 aromatic rings. The van der Waals surface area contributed by atoms with Crippen molar-refractivity contribution in [1.82, 2.24) is 0 Å². The number of hydrogen-bond acceptors (Lipinski definition) is 2. The van der Waals surface area contributed by atoms with E-state index in [1.807, 2.05) is 13.8 Å². The molecule has 0 heterocycles. The lowest BCUT2D eigenvalue weighted by atomic mass is 10.2. The fourth-order valence-electron chi connectivity index (χ4n) is 0.380. The number of carbonyl (C=O) groups excluding carboxylic acids is 1. The van der Waals surface area contributed by atoms with Crippen LogP contribution in [0, 0.1) is 12.5 Å². The maximum Gasteiger partial charge on any atom is 0.391 e. The summed E-state index contributed by atoms with van der Waals surface area (Å²) >= 11 is 0. The molecule has 3 nitrogen and oxygen atoms in total. The van der Waals surface area contributed by atoms with Crippen molar-refractivity contribution in [3.63, 3.8) is 0 Å². The number of nitrogens with zero attached hydrogens (tertiary/aromatic N) is 1. The monoisotopic (exact) mass is 142 g/mol. The standard InChI is InChI=1S/C7H12NO2/c1-6(2)5-10-7(9)4-8-3/h3,6H,4-5H2,1-2H3/q+1. The van der Waals surface area contributed by atoms with Crippen LogP contribution in [0.5, 0.6) is 0 Å². The summed E-state index contributed by atoms with van der Waals surface area (Å²) in [4.78, 5) is 13.7. The minimum Gasteiger partial charge on any atom is -0.460 e. The highest BCUT2D eigenvalue weighted by Gasteiger charge is 2.07. The summed E-state index contributed by atoms with van der Waals surface area (Å²) in [6.45, 7) is 9.08. The predicted molar refractivity (Wildman–Crippen MR) is 39.0 cm³/mol. The number of rotatable bonds is 3. The van der Waals surface area contributed by atoms with Gasteiger partial charge >= 0.3 is 12.5 Å². The highest BCUT2D eigenvalue weighted by atomic mass is 16.5. The molecule has 0 aromatic heterocycles. The Labute approximate surface area is 60.8 Å². The van der Waals surface area contributed by atoms with Crippen LogP contribution >= 0.6 is 0 Å². The summed E-state index contributed by atoms with van der Waals surface area (Å²) in [6, 6.07) is 0. The Morgan fingerprint density at radius 2 is 2.30 bits per heavy atom. The van der Waals surface area contributed by atoms with Gasteiger partial charge in [0.2, 0.25) is 0 Å². The highest BCUT2D eigenvalue weighted by molar-refractivity contribution is 5.73. The topological polar surface area (TPSA) is 30.7 Å². The van der Waals surface area contributed by atoms with Gasteiger partial charge in [-0.1, -0.05) is 18.7 Å². The molecule has 0 rings (SSSR count). The molecule has 10 heavy (non-hydrogen) atoms. The van der Waals surface area contributed by atoms with Crippen LogP contribution < -0.4 is 0 Å². The number of hydrogen-bond donors (Lipinski definition) is 0. The minimum atomic E-state index is -0.365. The average Bonchev–Trinajstić information content (AvgIpc) is 1.85. The first kappa shape index (κ1) is 8.96. The molecule has 0 aromatic carbocycles. The summed E-state index contributed by atoms with van der Waals surface area (Å²) in [7, 11) is 0. The smallest absolute Gasteiger partial charge is 0.391 e. The van der Waals surface area contributed by atoms with Gasteiger partial charge in [0, 0.05) is 0 Å². The molecule has 0 bridgehead atoms. The fourth-order valence-corrected chi connectivity index (χ4v) is 0.380. The molecule has 0 atom stereocenters. The Bertz CT molecular complexity index is 146. The molecule has 0 saturated carbocycles. The zero-order valence-electron chi connectivity index (χ0n) is 6.33. The molecule has 3 heteroatoms. The van der Waals surface area contributed by atoms with Crippen molar-refractivity contribution in [2.45, 2.75) is 13.8 Å². The quantitative estimate of drug-likeness (QED) is 0.553. The zero-order valence-corrected chi connectivity index (χ0v) is 6.33. The normalized spacial score (nSPS) is 9.00. The van der Waals surface area contributed by atoms with Crippen LogP contribution in [0.4, 0.5) is 0 Å². The van der Waals surface area contributed by atoms with Gasteiger partial charge in [-0.25, -0.2) is 4.79 Å². The summed E-state index contributed by atoms with van der Waals surface area (Å²) in [5, 5.41) is 0. The average molecular weight is 142 g/mol. The SMILES string of the molecule is C#[N+]CC(=O)OCC(C)C. The molecule has 0 spiro atoms. The summed E-state index contributed by atoms with van der Waals surface area (Å²) < 4.78 is 4.73. The van der Waals surface area contributed by atoms with E-state index in [4.69, 9.17) is 11.3 Å². The molecule has 0 aliphatic carbocycles. The van der Waals surface area contributed by atoms with Gasteiger partial charge in [-0.3, -0.25) is 0 Å². The van der Waals surface area contributed by atoms with E-state index in [-0.39, 0.29) is 12.5 Å². The second-order valence-corrected chi connectivity index (χ2v) is 2.42. The van der Waals surface area contributed by atoms with Crippen LogP contribution in [0.2, 0.25) is 0 Å². The fraction of sp³-hybridized carbons (Fsp3) is 0.714. The van der Waals surface area contributed by atoms with E-state index < -0.39 is 0 Å². The minimum absolute atomic E-state index is 0.0489. The lowest BCUT2D eigenvalue weighted by Crippen LogP contribution is -2.11. The van der Waals surface area contributed by atoms with Crippen molar-refractivity contribution < 1.29 is 9.53 Å². The first-order valence-corrected chi connectivity index (χ1v) is 3.19. The molecule has 0 fully saturated rings. The maximum absolute atomic E-state index is 10.6. The number of esters is 1. The van der Waals surface area contributed by atoms with Crippen LogP contribution in [0.15, 0.2) is 0 Å². The second-order valence-electron chi connectivity index (χ2n) is 2.42. The molecular weight excluding hydrogens is 130 g/mol. The number of ether oxygens (including phenoxy) is 1. The molecule has 56 valence electrons.